The highest BCUT2D eigenvalue weighted by Crippen LogP contribution is 2.09. The van der Waals surface area contributed by atoms with Gasteiger partial charge in [0.25, 0.3) is 0 Å². The Balaban J connectivity index is 1.83. The fraction of sp³-hybridized carbons (Fsp3) is 0.111. The van der Waals surface area contributed by atoms with E-state index in [1.165, 1.54) is 24.3 Å². The molecule has 3 N–H and O–H groups in total. The van der Waals surface area contributed by atoms with E-state index in [-0.39, 0.29) is 13.2 Å². The van der Waals surface area contributed by atoms with Gasteiger partial charge in [0, 0.05) is 24.4 Å². The molecule has 24 heavy (non-hydrogen) atoms. The van der Waals surface area contributed by atoms with Crippen LogP contribution >= 0.6 is 0 Å². The van der Waals surface area contributed by atoms with Crippen LogP contribution in [-0.4, -0.2) is 16.9 Å². The van der Waals surface area contributed by atoms with Gasteiger partial charge in [-0.25, -0.2) is 4.39 Å². The van der Waals surface area contributed by atoms with Gasteiger partial charge in [-0.3, -0.25) is 9.59 Å². The molecule has 2 aromatic rings. The zero-order chi connectivity index (χ0) is 17.4. The summed E-state index contributed by atoms with van der Waals surface area (Å²) in [4.78, 5) is 23.4. The fourth-order valence-corrected chi connectivity index (χ4v) is 1.99. The summed E-state index contributed by atoms with van der Waals surface area (Å²) < 4.78 is 12.8. The first-order valence-electron chi connectivity index (χ1n) is 7.28. The molecule has 0 saturated heterocycles. The molecule has 0 aliphatic heterocycles. The fourth-order valence-electron chi connectivity index (χ4n) is 1.99. The second-order valence-electron chi connectivity index (χ2n) is 4.97. The van der Waals surface area contributed by atoms with Crippen LogP contribution in [0.2, 0.25) is 0 Å². The van der Waals surface area contributed by atoms with Crippen LogP contribution < -0.4 is 10.6 Å². The summed E-state index contributed by atoms with van der Waals surface area (Å²) >= 11 is 0. The van der Waals surface area contributed by atoms with Gasteiger partial charge in [0.2, 0.25) is 11.8 Å². The van der Waals surface area contributed by atoms with Crippen molar-refractivity contribution in [2.24, 2.45) is 0 Å². The number of hydrogen-bond acceptors (Lipinski definition) is 3. The minimum Gasteiger partial charge on any atom is -0.392 e. The van der Waals surface area contributed by atoms with E-state index in [0.717, 1.165) is 23.3 Å². The molecular weight excluding hydrogens is 311 g/mol. The molecule has 0 spiro atoms. The number of hydrogen-bond donors (Lipinski definition) is 3. The molecule has 0 radical (unpaired) electrons. The number of rotatable bonds is 6. The summed E-state index contributed by atoms with van der Waals surface area (Å²) in [6.45, 7) is 0.140. The van der Waals surface area contributed by atoms with Crippen LogP contribution in [0.3, 0.4) is 0 Å². The molecule has 0 aliphatic carbocycles. The number of halogens is 1. The second-order valence-corrected chi connectivity index (χ2v) is 4.97. The number of benzene rings is 2. The molecule has 124 valence electrons. The van der Waals surface area contributed by atoms with Crippen LogP contribution in [0.25, 0.3) is 0 Å². The molecule has 6 heteroatoms. The first-order valence-corrected chi connectivity index (χ1v) is 7.28. The van der Waals surface area contributed by atoms with Crippen molar-refractivity contribution in [1.82, 2.24) is 5.32 Å². The number of amides is 2. The van der Waals surface area contributed by atoms with Gasteiger partial charge < -0.3 is 15.7 Å². The van der Waals surface area contributed by atoms with Crippen molar-refractivity contribution in [2.75, 3.05) is 5.32 Å². The largest absolute Gasteiger partial charge is 0.392 e. The van der Waals surface area contributed by atoms with Gasteiger partial charge in [0.1, 0.15) is 5.82 Å². The zero-order valence-electron chi connectivity index (χ0n) is 12.8. The predicted octanol–water partition coefficient (Wildman–Crippen LogP) is 2.13. The van der Waals surface area contributed by atoms with Crippen LogP contribution in [0, 0.1) is 5.82 Å². The molecule has 0 aromatic heterocycles. The Morgan fingerprint density at radius 1 is 0.958 bits per heavy atom. The molecule has 2 rings (SSSR count). The first kappa shape index (κ1) is 17.4. The van der Waals surface area contributed by atoms with E-state index in [1.54, 1.807) is 18.2 Å². The highest BCUT2D eigenvalue weighted by molar-refractivity contribution is 6.03. The third kappa shape index (κ3) is 5.33. The molecule has 5 nitrogen and oxygen atoms in total. The maximum Gasteiger partial charge on any atom is 0.248 e. The van der Waals surface area contributed by atoms with Crippen LogP contribution in [0.5, 0.6) is 0 Å². The van der Waals surface area contributed by atoms with Crippen molar-refractivity contribution < 1.29 is 19.1 Å². The molecule has 0 saturated carbocycles. The highest BCUT2D eigenvalue weighted by atomic mass is 19.1. The van der Waals surface area contributed by atoms with Crippen molar-refractivity contribution in [3.05, 3.63) is 77.6 Å². The molecule has 0 heterocycles. The first-order chi connectivity index (χ1) is 11.6. The third-order valence-electron chi connectivity index (χ3n) is 3.24. The van der Waals surface area contributed by atoms with E-state index in [0.29, 0.717) is 5.69 Å². The highest BCUT2D eigenvalue weighted by Gasteiger charge is 2.03. The summed E-state index contributed by atoms with van der Waals surface area (Å²) in [6, 6.07) is 12.5. The topological polar surface area (TPSA) is 78.4 Å². The molecular formula is C18H17FN2O3. The van der Waals surface area contributed by atoms with Crippen molar-refractivity contribution in [2.45, 2.75) is 13.2 Å². The van der Waals surface area contributed by atoms with E-state index in [4.69, 9.17) is 0 Å². The van der Waals surface area contributed by atoms with E-state index in [2.05, 4.69) is 10.6 Å². The average molecular weight is 328 g/mol. The lowest BCUT2D eigenvalue weighted by Crippen LogP contribution is -2.21. The number of aliphatic hydroxyl groups excluding tert-OH is 1. The van der Waals surface area contributed by atoms with Crippen molar-refractivity contribution in [3.8, 4) is 0 Å². The van der Waals surface area contributed by atoms with Crippen LogP contribution in [0.4, 0.5) is 10.1 Å². The lowest BCUT2D eigenvalue weighted by Gasteiger charge is -2.07. The van der Waals surface area contributed by atoms with Crippen LogP contribution in [0.1, 0.15) is 11.1 Å². The second kappa shape index (κ2) is 8.59. The average Bonchev–Trinajstić information content (AvgIpc) is 2.60. The summed E-state index contributed by atoms with van der Waals surface area (Å²) in [5.41, 5.74) is 1.97. The zero-order valence-corrected chi connectivity index (χ0v) is 12.8. The Morgan fingerprint density at radius 3 is 2.25 bits per heavy atom. The number of carbonyl (C=O) groups is 2. The smallest absolute Gasteiger partial charge is 0.248 e. The van der Waals surface area contributed by atoms with Gasteiger partial charge in [0.15, 0.2) is 0 Å². The molecule has 2 amide bonds. The van der Waals surface area contributed by atoms with E-state index < -0.39 is 17.6 Å². The Bertz CT molecular complexity index is 742. The number of aliphatic hydroxyl groups is 1. The standard InChI is InChI=1S/C18H17FN2O3/c19-15-5-7-16(8-6-15)21-18(24)10-9-17(23)20-11-13-3-1-2-4-14(13)12-22/h1-10,22H,11-12H2,(H,20,23)(H,21,24)/b10-9+. The SMILES string of the molecule is O=C(/C=C/C(=O)Nc1ccc(F)cc1)NCc1ccccc1CO. The molecule has 2 aromatic carbocycles. The quantitative estimate of drug-likeness (QED) is 0.711. The molecule has 0 unspecified atom stereocenters. The Labute approximate surface area is 138 Å². The maximum atomic E-state index is 12.8. The number of nitrogens with one attached hydrogen (secondary N) is 2. The Hall–Kier alpha value is -2.99. The summed E-state index contributed by atoms with van der Waals surface area (Å²) in [5.74, 6) is -1.32. The number of carbonyl (C=O) groups excluding carboxylic acids is 2. The minimum atomic E-state index is -0.493. The van der Waals surface area contributed by atoms with Gasteiger partial charge in [-0.05, 0) is 35.4 Å². The molecule has 0 fully saturated rings. The monoisotopic (exact) mass is 328 g/mol. The van der Waals surface area contributed by atoms with Gasteiger partial charge in [-0.1, -0.05) is 24.3 Å². The third-order valence-corrected chi connectivity index (χ3v) is 3.24. The molecule has 0 bridgehead atoms. The van der Waals surface area contributed by atoms with Crippen molar-refractivity contribution in [1.29, 1.82) is 0 Å². The van der Waals surface area contributed by atoms with Gasteiger partial charge in [0.05, 0.1) is 6.61 Å². The predicted molar refractivity (Wildman–Crippen MR) is 88.4 cm³/mol. The van der Waals surface area contributed by atoms with E-state index >= 15 is 0 Å². The maximum absolute atomic E-state index is 12.8. The lowest BCUT2D eigenvalue weighted by atomic mass is 10.1. The summed E-state index contributed by atoms with van der Waals surface area (Å²) in [7, 11) is 0. The number of anilines is 1. The van der Waals surface area contributed by atoms with Crippen LogP contribution in [0.15, 0.2) is 60.7 Å². The minimum absolute atomic E-state index is 0.109. The summed E-state index contributed by atoms with van der Waals surface area (Å²) in [6.07, 6.45) is 2.21. The van der Waals surface area contributed by atoms with Gasteiger partial charge >= 0.3 is 0 Å². The molecule has 0 atom stereocenters. The summed E-state index contributed by atoms with van der Waals surface area (Å²) in [5, 5.41) is 14.4. The van der Waals surface area contributed by atoms with Crippen LogP contribution in [-0.2, 0) is 22.7 Å². The molecule has 0 aliphatic rings. The van der Waals surface area contributed by atoms with E-state index in [9.17, 15) is 19.1 Å². The van der Waals surface area contributed by atoms with Crippen molar-refractivity contribution in [3.63, 3.8) is 0 Å². The van der Waals surface area contributed by atoms with Gasteiger partial charge in [-0.2, -0.15) is 0 Å². The van der Waals surface area contributed by atoms with E-state index in [1.807, 2.05) is 6.07 Å². The van der Waals surface area contributed by atoms with Gasteiger partial charge in [-0.15, -0.1) is 0 Å². The Morgan fingerprint density at radius 2 is 1.58 bits per heavy atom. The Kier molecular flexibility index (Phi) is 6.22. The normalized spacial score (nSPS) is 10.6. The van der Waals surface area contributed by atoms with Crippen molar-refractivity contribution >= 4 is 17.5 Å². The lowest BCUT2D eigenvalue weighted by molar-refractivity contribution is -0.117.